The number of methoxy groups -OCH3 is 1. The Labute approximate surface area is 116 Å². The van der Waals surface area contributed by atoms with Crippen molar-refractivity contribution in [1.29, 1.82) is 0 Å². The minimum atomic E-state index is -0.746. The standard InChI is InChI=1S/C15H16O3S/c1-18-13-6-4-11(5-7-13)9-12(15(16)17)10-14-3-2-8-19-14/h2-8,12H,9-10H2,1H3,(H,16,17). The molecule has 0 bridgehead atoms. The van der Waals surface area contributed by atoms with Gasteiger partial charge < -0.3 is 9.84 Å². The van der Waals surface area contributed by atoms with Crippen LogP contribution in [0.3, 0.4) is 0 Å². The second-order valence-corrected chi connectivity index (χ2v) is 5.40. The molecule has 0 amide bonds. The molecular weight excluding hydrogens is 260 g/mol. The number of thiophene rings is 1. The number of carboxylic acids is 1. The molecule has 3 nitrogen and oxygen atoms in total. The van der Waals surface area contributed by atoms with E-state index in [1.165, 1.54) is 0 Å². The van der Waals surface area contributed by atoms with Gasteiger partial charge in [0, 0.05) is 4.88 Å². The molecular formula is C15H16O3S. The van der Waals surface area contributed by atoms with Gasteiger partial charge in [0.15, 0.2) is 0 Å². The van der Waals surface area contributed by atoms with Gasteiger partial charge in [-0.05, 0) is 42.0 Å². The Morgan fingerprint density at radius 2 is 2.00 bits per heavy atom. The Morgan fingerprint density at radius 1 is 1.26 bits per heavy atom. The van der Waals surface area contributed by atoms with E-state index in [2.05, 4.69) is 0 Å². The highest BCUT2D eigenvalue weighted by atomic mass is 32.1. The Balaban J connectivity index is 2.05. The summed E-state index contributed by atoms with van der Waals surface area (Å²) in [7, 11) is 1.62. The van der Waals surface area contributed by atoms with Gasteiger partial charge in [0.05, 0.1) is 13.0 Å². The average molecular weight is 276 g/mol. The Bertz CT molecular complexity index is 517. The first kappa shape index (κ1) is 13.6. The van der Waals surface area contributed by atoms with Crippen molar-refractivity contribution in [3.05, 3.63) is 52.2 Å². The molecule has 100 valence electrons. The summed E-state index contributed by atoms with van der Waals surface area (Å²) in [5, 5.41) is 11.3. The second-order valence-electron chi connectivity index (χ2n) is 4.37. The summed E-state index contributed by atoms with van der Waals surface area (Å²) in [6.07, 6.45) is 1.12. The van der Waals surface area contributed by atoms with Gasteiger partial charge in [0.1, 0.15) is 5.75 Å². The number of hydrogen-bond acceptors (Lipinski definition) is 3. The third-order valence-corrected chi connectivity index (χ3v) is 3.92. The van der Waals surface area contributed by atoms with Crippen molar-refractivity contribution < 1.29 is 14.6 Å². The first-order valence-electron chi connectivity index (χ1n) is 6.07. The van der Waals surface area contributed by atoms with Gasteiger partial charge in [-0.25, -0.2) is 0 Å². The molecule has 2 aromatic rings. The van der Waals surface area contributed by atoms with Gasteiger partial charge in [-0.15, -0.1) is 11.3 Å². The highest BCUT2D eigenvalue weighted by Crippen LogP contribution is 2.20. The zero-order valence-electron chi connectivity index (χ0n) is 10.7. The van der Waals surface area contributed by atoms with Crippen molar-refractivity contribution in [3.8, 4) is 5.75 Å². The number of carboxylic acid groups (broad SMARTS) is 1. The van der Waals surface area contributed by atoms with Crippen molar-refractivity contribution in [2.75, 3.05) is 7.11 Å². The van der Waals surface area contributed by atoms with Crippen LogP contribution in [0.5, 0.6) is 5.75 Å². The summed E-state index contributed by atoms with van der Waals surface area (Å²) < 4.78 is 5.09. The molecule has 0 aliphatic carbocycles. The minimum Gasteiger partial charge on any atom is -0.497 e. The van der Waals surface area contributed by atoms with E-state index >= 15 is 0 Å². The van der Waals surface area contributed by atoms with Gasteiger partial charge >= 0.3 is 5.97 Å². The molecule has 0 aliphatic heterocycles. The van der Waals surface area contributed by atoms with Crippen LogP contribution in [0.4, 0.5) is 0 Å². The van der Waals surface area contributed by atoms with Gasteiger partial charge in [-0.1, -0.05) is 18.2 Å². The van der Waals surface area contributed by atoms with Crippen LogP contribution in [0.25, 0.3) is 0 Å². The monoisotopic (exact) mass is 276 g/mol. The van der Waals surface area contributed by atoms with Crippen LogP contribution in [0.1, 0.15) is 10.4 Å². The third-order valence-electron chi connectivity index (χ3n) is 3.02. The average Bonchev–Trinajstić information content (AvgIpc) is 2.91. The number of aliphatic carboxylic acids is 1. The molecule has 0 saturated heterocycles. The van der Waals surface area contributed by atoms with Crippen LogP contribution in [-0.2, 0) is 17.6 Å². The molecule has 19 heavy (non-hydrogen) atoms. The zero-order valence-corrected chi connectivity index (χ0v) is 11.5. The summed E-state index contributed by atoms with van der Waals surface area (Å²) in [4.78, 5) is 12.4. The Kier molecular flexibility index (Phi) is 4.58. The van der Waals surface area contributed by atoms with E-state index in [9.17, 15) is 9.90 Å². The molecule has 0 aliphatic rings. The quantitative estimate of drug-likeness (QED) is 0.881. The Morgan fingerprint density at radius 3 is 2.53 bits per heavy atom. The molecule has 1 aromatic heterocycles. The van der Waals surface area contributed by atoms with Crippen molar-refractivity contribution in [2.24, 2.45) is 5.92 Å². The summed E-state index contributed by atoms with van der Waals surface area (Å²) >= 11 is 1.60. The molecule has 0 saturated carbocycles. The van der Waals surface area contributed by atoms with E-state index in [1.54, 1.807) is 18.4 Å². The van der Waals surface area contributed by atoms with Gasteiger partial charge in [-0.2, -0.15) is 0 Å². The molecule has 1 unspecified atom stereocenters. The summed E-state index contributed by atoms with van der Waals surface area (Å²) in [6, 6.07) is 11.5. The van der Waals surface area contributed by atoms with E-state index < -0.39 is 5.97 Å². The van der Waals surface area contributed by atoms with Gasteiger partial charge in [-0.3, -0.25) is 4.79 Å². The molecule has 0 radical (unpaired) electrons. The van der Waals surface area contributed by atoms with Crippen molar-refractivity contribution in [2.45, 2.75) is 12.8 Å². The molecule has 2 rings (SSSR count). The highest BCUT2D eigenvalue weighted by Gasteiger charge is 2.19. The van der Waals surface area contributed by atoms with E-state index in [0.29, 0.717) is 12.8 Å². The molecule has 0 fully saturated rings. The molecule has 1 atom stereocenters. The van der Waals surface area contributed by atoms with Crippen LogP contribution in [0.15, 0.2) is 41.8 Å². The van der Waals surface area contributed by atoms with Crippen LogP contribution in [-0.4, -0.2) is 18.2 Å². The minimum absolute atomic E-state index is 0.382. The fourth-order valence-corrected chi connectivity index (χ4v) is 2.75. The smallest absolute Gasteiger partial charge is 0.307 e. The SMILES string of the molecule is COc1ccc(CC(Cc2cccs2)C(=O)O)cc1. The van der Waals surface area contributed by atoms with Crippen molar-refractivity contribution in [3.63, 3.8) is 0 Å². The van der Waals surface area contributed by atoms with Crippen molar-refractivity contribution >= 4 is 17.3 Å². The first-order chi connectivity index (χ1) is 9.19. The lowest BCUT2D eigenvalue weighted by Gasteiger charge is -2.11. The van der Waals surface area contributed by atoms with Crippen LogP contribution in [0.2, 0.25) is 0 Å². The van der Waals surface area contributed by atoms with E-state index in [1.807, 2.05) is 41.8 Å². The molecule has 4 heteroatoms. The van der Waals surface area contributed by atoms with Gasteiger partial charge in [0.2, 0.25) is 0 Å². The summed E-state index contributed by atoms with van der Waals surface area (Å²) in [5.74, 6) is -0.342. The lowest BCUT2D eigenvalue weighted by Crippen LogP contribution is -2.18. The number of ether oxygens (including phenoxy) is 1. The normalized spacial score (nSPS) is 12.1. The fourth-order valence-electron chi connectivity index (χ4n) is 1.96. The maximum atomic E-state index is 11.3. The Hall–Kier alpha value is -1.81. The summed E-state index contributed by atoms with van der Waals surface area (Å²) in [6.45, 7) is 0. The lowest BCUT2D eigenvalue weighted by atomic mass is 9.95. The predicted octanol–water partition coefficient (Wildman–Crippen LogP) is 3.24. The largest absolute Gasteiger partial charge is 0.497 e. The fraction of sp³-hybridized carbons (Fsp3) is 0.267. The van der Waals surface area contributed by atoms with Crippen LogP contribution >= 0.6 is 11.3 Å². The lowest BCUT2D eigenvalue weighted by molar-refractivity contribution is -0.141. The number of rotatable bonds is 6. The third kappa shape index (κ3) is 3.83. The number of hydrogen-bond donors (Lipinski definition) is 1. The number of benzene rings is 1. The molecule has 1 N–H and O–H groups in total. The highest BCUT2D eigenvalue weighted by molar-refractivity contribution is 7.09. The second kappa shape index (κ2) is 6.38. The van der Waals surface area contributed by atoms with Crippen LogP contribution < -0.4 is 4.74 Å². The topological polar surface area (TPSA) is 46.5 Å². The predicted molar refractivity (Wildman–Crippen MR) is 75.8 cm³/mol. The van der Waals surface area contributed by atoms with Crippen LogP contribution in [0, 0.1) is 5.92 Å². The van der Waals surface area contributed by atoms with E-state index in [4.69, 9.17) is 4.74 Å². The molecule has 1 aromatic carbocycles. The molecule has 1 heterocycles. The molecule has 0 spiro atoms. The maximum Gasteiger partial charge on any atom is 0.307 e. The maximum absolute atomic E-state index is 11.3. The number of carbonyl (C=O) groups is 1. The van der Waals surface area contributed by atoms with Crippen molar-refractivity contribution in [1.82, 2.24) is 0 Å². The summed E-state index contributed by atoms with van der Waals surface area (Å²) in [5.41, 5.74) is 1.02. The first-order valence-corrected chi connectivity index (χ1v) is 6.95. The van der Waals surface area contributed by atoms with E-state index in [0.717, 1.165) is 16.2 Å². The van der Waals surface area contributed by atoms with E-state index in [-0.39, 0.29) is 5.92 Å². The zero-order chi connectivity index (χ0) is 13.7. The van der Waals surface area contributed by atoms with Gasteiger partial charge in [0.25, 0.3) is 0 Å².